The Balaban J connectivity index is 2.81. The second kappa shape index (κ2) is 6.45. The number of nitrogens with zero attached hydrogens (tertiary/aromatic N) is 1. The van der Waals surface area contributed by atoms with Crippen molar-refractivity contribution < 1.29 is 19.4 Å². The molecule has 0 aromatic carbocycles. The van der Waals surface area contributed by atoms with Gasteiger partial charge >= 0.3 is 5.97 Å². The molecule has 6 nitrogen and oxygen atoms in total. The van der Waals surface area contributed by atoms with Gasteiger partial charge in [0, 0.05) is 6.54 Å². The van der Waals surface area contributed by atoms with Gasteiger partial charge in [-0.05, 0) is 25.3 Å². The minimum Gasteiger partial charge on any atom is -0.483 e. The summed E-state index contributed by atoms with van der Waals surface area (Å²) in [6.07, 6.45) is 1.23. The molecule has 0 aliphatic carbocycles. The molecule has 6 heteroatoms. The summed E-state index contributed by atoms with van der Waals surface area (Å²) in [7, 11) is 1.47. The number of methoxy groups -OCH3 is 1. The number of nitrogens with one attached hydrogen (secondary N) is 1. The number of likely N-dealkylation sites (tertiary alicyclic amines) is 1. The summed E-state index contributed by atoms with van der Waals surface area (Å²) in [6, 6.07) is -1.24. The van der Waals surface area contributed by atoms with E-state index in [1.165, 1.54) is 12.0 Å². The Kier molecular flexibility index (Phi) is 5.20. The van der Waals surface area contributed by atoms with Gasteiger partial charge in [0.25, 0.3) is 0 Å². The fourth-order valence-electron chi connectivity index (χ4n) is 2.21. The van der Waals surface area contributed by atoms with Crippen molar-refractivity contribution in [3.63, 3.8) is 0 Å². The molecule has 0 radical (unpaired) electrons. The maximum Gasteiger partial charge on any atom is 0.326 e. The maximum atomic E-state index is 12.5. The van der Waals surface area contributed by atoms with E-state index in [1.54, 1.807) is 0 Å². The quantitative estimate of drug-likeness (QED) is 0.698. The standard InChI is InChI=1S/C13H22N2O4/c1-8(2)11(14-9(3)19-4)12(16)15-7-5-6-10(15)13(17)18/h8,10-11,14H,3,5-7H2,1-2,4H3,(H,17,18)/t10-,11-/m0/s1. The van der Waals surface area contributed by atoms with Crippen LogP contribution in [0.3, 0.4) is 0 Å². The summed E-state index contributed by atoms with van der Waals surface area (Å²) in [5, 5.41) is 12.0. The van der Waals surface area contributed by atoms with E-state index >= 15 is 0 Å². The van der Waals surface area contributed by atoms with Crippen molar-refractivity contribution in [3.05, 3.63) is 12.5 Å². The number of rotatable bonds is 6. The van der Waals surface area contributed by atoms with Crippen molar-refractivity contribution in [1.29, 1.82) is 0 Å². The molecule has 108 valence electrons. The van der Waals surface area contributed by atoms with Gasteiger partial charge in [0.1, 0.15) is 12.1 Å². The highest BCUT2D eigenvalue weighted by Crippen LogP contribution is 2.20. The molecule has 1 aliphatic rings. The molecule has 2 atom stereocenters. The topological polar surface area (TPSA) is 78.9 Å². The van der Waals surface area contributed by atoms with Crippen molar-refractivity contribution in [3.8, 4) is 0 Å². The van der Waals surface area contributed by atoms with Crippen LogP contribution < -0.4 is 5.32 Å². The molecule has 1 fully saturated rings. The molecule has 1 aliphatic heterocycles. The Morgan fingerprint density at radius 1 is 1.47 bits per heavy atom. The zero-order valence-corrected chi connectivity index (χ0v) is 11.7. The lowest BCUT2D eigenvalue weighted by atomic mass is 10.0. The third kappa shape index (κ3) is 3.62. The first-order chi connectivity index (χ1) is 8.88. The molecule has 0 bridgehead atoms. The van der Waals surface area contributed by atoms with Gasteiger partial charge in [0.15, 0.2) is 5.88 Å². The van der Waals surface area contributed by atoms with E-state index in [2.05, 4.69) is 11.9 Å². The molecule has 1 rings (SSSR count). The van der Waals surface area contributed by atoms with Gasteiger partial charge in [-0.2, -0.15) is 0 Å². The van der Waals surface area contributed by atoms with Crippen LogP contribution in [0.1, 0.15) is 26.7 Å². The number of carboxylic acids is 1. The molecule has 0 unspecified atom stereocenters. The Morgan fingerprint density at radius 2 is 2.11 bits per heavy atom. The van der Waals surface area contributed by atoms with E-state index in [0.717, 1.165) is 6.42 Å². The van der Waals surface area contributed by atoms with Crippen LogP contribution in [0.4, 0.5) is 0 Å². The van der Waals surface area contributed by atoms with Gasteiger partial charge in [0.05, 0.1) is 7.11 Å². The van der Waals surface area contributed by atoms with Crippen LogP contribution >= 0.6 is 0 Å². The fourth-order valence-corrected chi connectivity index (χ4v) is 2.21. The van der Waals surface area contributed by atoms with Crippen LogP contribution in [-0.4, -0.2) is 47.6 Å². The number of carbonyl (C=O) groups excluding carboxylic acids is 1. The van der Waals surface area contributed by atoms with Gasteiger partial charge in [0.2, 0.25) is 5.91 Å². The fraction of sp³-hybridized carbons (Fsp3) is 0.692. The SMILES string of the molecule is C=C(N[C@H](C(=O)N1CCC[C@H]1C(=O)O)C(C)C)OC. The summed E-state index contributed by atoms with van der Waals surface area (Å²) in [5.74, 6) is -0.843. The number of carbonyl (C=O) groups is 2. The lowest BCUT2D eigenvalue weighted by Gasteiger charge is -2.30. The Bertz CT molecular complexity index is 368. The number of hydrogen-bond acceptors (Lipinski definition) is 4. The van der Waals surface area contributed by atoms with Crippen molar-refractivity contribution in [2.75, 3.05) is 13.7 Å². The summed E-state index contributed by atoms with van der Waals surface area (Å²) in [5.41, 5.74) is 0. The van der Waals surface area contributed by atoms with Crippen molar-refractivity contribution in [1.82, 2.24) is 10.2 Å². The molecule has 1 saturated heterocycles. The number of amides is 1. The highest BCUT2D eigenvalue weighted by molar-refractivity contribution is 5.87. The maximum absolute atomic E-state index is 12.5. The van der Waals surface area contributed by atoms with Crippen LogP contribution in [0.5, 0.6) is 0 Å². The van der Waals surface area contributed by atoms with E-state index in [0.29, 0.717) is 18.8 Å². The average molecular weight is 270 g/mol. The van der Waals surface area contributed by atoms with Gasteiger partial charge in [-0.25, -0.2) is 4.79 Å². The second-order valence-electron chi connectivity index (χ2n) is 5.02. The monoisotopic (exact) mass is 270 g/mol. The minimum atomic E-state index is -0.945. The van der Waals surface area contributed by atoms with E-state index in [-0.39, 0.29) is 11.8 Å². The summed E-state index contributed by atoms with van der Waals surface area (Å²) >= 11 is 0. The normalized spacial score (nSPS) is 20.2. The molecule has 0 aromatic heterocycles. The Labute approximate surface area is 113 Å². The third-order valence-corrected chi connectivity index (χ3v) is 3.32. The van der Waals surface area contributed by atoms with Crippen LogP contribution in [0.15, 0.2) is 12.5 Å². The number of hydrogen-bond donors (Lipinski definition) is 2. The molecule has 2 N–H and O–H groups in total. The first kappa shape index (κ1) is 15.3. The van der Waals surface area contributed by atoms with E-state index < -0.39 is 18.1 Å². The number of ether oxygens (including phenoxy) is 1. The molecular formula is C13H22N2O4. The van der Waals surface area contributed by atoms with Crippen LogP contribution in [0.2, 0.25) is 0 Å². The number of aliphatic carboxylic acids is 1. The van der Waals surface area contributed by atoms with Crippen LogP contribution in [-0.2, 0) is 14.3 Å². The predicted molar refractivity (Wildman–Crippen MR) is 70.3 cm³/mol. The largest absolute Gasteiger partial charge is 0.483 e. The molecule has 0 aromatic rings. The lowest BCUT2D eigenvalue weighted by Crippen LogP contribution is -2.52. The van der Waals surface area contributed by atoms with Gasteiger partial charge in [-0.15, -0.1) is 0 Å². The van der Waals surface area contributed by atoms with Crippen LogP contribution in [0.25, 0.3) is 0 Å². The highest BCUT2D eigenvalue weighted by atomic mass is 16.5. The third-order valence-electron chi connectivity index (χ3n) is 3.32. The lowest BCUT2D eigenvalue weighted by molar-refractivity contribution is -0.149. The first-order valence-electron chi connectivity index (χ1n) is 6.41. The zero-order valence-electron chi connectivity index (χ0n) is 11.7. The highest BCUT2D eigenvalue weighted by Gasteiger charge is 2.38. The molecular weight excluding hydrogens is 248 g/mol. The summed E-state index contributed by atoms with van der Waals surface area (Å²) < 4.78 is 4.93. The second-order valence-corrected chi connectivity index (χ2v) is 5.02. The number of carboxylic acid groups (broad SMARTS) is 1. The van der Waals surface area contributed by atoms with Gasteiger partial charge in [-0.3, -0.25) is 4.79 Å². The van der Waals surface area contributed by atoms with Gasteiger partial charge in [-0.1, -0.05) is 13.8 Å². The average Bonchev–Trinajstić information content (AvgIpc) is 2.83. The minimum absolute atomic E-state index is 0.00875. The summed E-state index contributed by atoms with van der Waals surface area (Å²) in [6.45, 7) is 7.91. The van der Waals surface area contributed by atoms with E-state index in [1.807, 2.05) is 13.8 Å². The summed E-state index contributed by atoms with van der Waals surface area (Å²) in [4.78, 5) is 25.0. The zero-order chi connectivity index (χ0) is 14.6. The smallest absolute Gasteiger partial charge is 0.326 e. The molecule has 19 heavy (non-hydrogen) atoms. The van der Waals surface area contributed by atoms with Crippen molar-refractivity contribution in [2.24, 2.45) is 5.92 Å². The Morgan fingerprint density at radius 3 is 2.58 bits per heavy atom. The first-order valence-corrected chi connectivity index (χ1v) is 6.41. The van der Waals surface area contributed by atoms with E-state index in [4.69, 9.17) is 9.84 Å². The molecule has 1 amide bonds. The predicted octanol–water partition coefficient (Wildman–Crippen LogP) is 0.794. The van der Waals surface area contributed by atoms with Crippen molar-refractivity contribution in [2.45, 2.75) is 38.8 Å². The van der Waals surface area contributed by atoms with E-state index in [9.17, 15) is 9.59 Å². The Hall–Kier alpha value is -1.72. The molecule has 1 heterocycles. The van der Waals surface area contributed by atoms with Crippen LogP contribution in [0, 0.1) is 5.92 Å². The molecule has 0 spiro atoms. The molecule has 0 saturated carbocycles. The van der Waals surface area contributed by atoms with Gasteiger partial charge < -0.3 is 20.1 Å². The van der Waals surface area contributed by atoms with Crippen molar-refractivity contribution >= 4 is 11.9 Å².